The highest BCUT2D eigenvalue weighted by atomic mass is 16.5. The zero-order valence-electron chi connectivity index (χ0n) is 11.9. The van der Waals surface area contributed by atoms with E-state index in [1.165, 1.54) is 41.6 Å². The van der Waals surface area contributed by atoms with E-state index in [1.54, 1.807) is 7.11 Å². The lowest BCUT2D eigenvalue weighted by atomic mass is 9.87. The van der Waals surface area contributed by atoms with E-state index >= 15 is 0 Å². The summed E-state index contributed by atoms with van der Waals surface area (Å²) < 4.78 is 5.20. The SMILES string of the molecule is COCc1cccc(NC2CCCc3ccccc32)c1. The molecule has 2 aromatic carbocycles. The number of anilines is 1. The summed E-state index contributed by atoms with van der Waals surface area (Å²) in [4.78, 5) is 0. The Balaban J connectivity index is 1.80. The van der Waals surface area contributed by atoms with Crippen molar-refractivity contribution in [2.24, 2.45) is 0 Å². The van der Waals surface area contributed by atoms with Gasteiger partial charge in [0.1, 0.15) is 0 Å². The Morgan fingerprint density at radius 1 is 1.15 bits per heavy atom. The number of hydrogen-bond acceptors (Lipinski definition) is 2. The monoisotopic (exact) mass is 267 g/mol. The van der Waals surface area contributed by atoms with Crippen molar-refractivity contribution in [3.8, 4) is 0 Å². The molecular formula is C18H21NO. The van der Waals surface area contributed by atoms with Crippen molar-refractivity contribution in [3.05, 3.63) is 65.2 Å². The highest BCUT2D eigenvalue weighted by Gasteiger charge is 2.19. The van der Waals surface area contributed by atoms with Crippen LogP contribution in [0.1, 0.15) is 35.6 Å². The predicted molar refractivity (Wildman–Crippen MR) is 82.9 cm³/mol. The van der Waals surface area contributed by atoms with Crippen molar-refractivity contribution in [2.45, 2.75) is 31.9 Å². The summed E-state index contributed by atoms with van der Waals surface area (Å²) in [5, 5.41) is 3.68. The molecule has 2 aromatic rings. The minimum Gasteiger partial charge on any atom is -0.380 e. The number of benzene rings is 2. The first-order valence-electron chi connectivity index (χ1n) is 7.29. The van der Waals surface area contributed by atoms with Gasteiger partial charge in [-0.1, -0.05) is 36.4 Å². The molecule has 0 bridgehead atoms. The van der Waals surface area contributed by atoms with Crippen LogP contribution in [0.3, 0.4) is 0 Å². The number of rotatable bonds is 4. The Morgan fingerprint density at radius 3 is 2.95 bits per heavy atom. The highest BCUT2D eigenvalue weighted by molar-refractivity contribution is 5.49. The molecule has 1 aliphatic carbocycles. The van der Waals surface area contributed by atoms with Gasteiger partial charge in [0.25, 0.3) is 0 Å². The molecule has 0 saturated heterocycles. The van der Waals surface area contributed by atoms with E-state index < -0.39 is 0 Å². The molecule has 0 aliphatic heterocycles. The van der Waals surface area contributed by atoms with E-state index in [2.05, 4.69) is 53.8 Å². The van der Waals surface area contributed by atoms with Crippen LogP contribution < -0.4 is 5.32 Å². The third-order valence-corrected chi connectivity index (χ3v) is 3.95. The summed E-state index contributed by atoms with van der Waals surface area (Å²) in [6, 6.07) is 17.7. The number of ether oxygens (including phenoxy) is 1. The average molecular weight is 267 g/mol. The van der Waals surface area contributed by atoms with Gasteiger partial charge in [-0.2, -0.15) is 0 Å². The lowest BCUT2D eigenvalue weighted by molar-refractivity contribution is 0.185. The molecule has 0 radical (unpaired) electrons. The molecule has 2 nitrogen and oxygen atoms in total. The van der Waals surface area contributed by atoms with E-state index in [0.29, 0.717) is 12.6 Å². The Labute approximate surface area is 120 Å². The molecule has 104 valence electrons. The highest BCUT2D eigenvalue weighted by Crippen LogP contribution is 2.32. The van der Waals surface area contributed by atoms with Crippen LogP contribution >= 0.6 is 0 Å². The Hall–Kier alpha value is -1.80. The smallest absolute Gasteiger partial charge is 0.0713 e. The zero-order valence-corrected chi connectivity index (χ0v) is 11.9. The van der Waals surface area contributed by atoms with Crippen LogP contribution in [-0.2, 0) is 17.8 Å². The van der Waals surface area contributed by atoms with Gasteiger partial charge >= 0.3 is 0 Å². The lowest BCUT2D eigenvalue weighted by Crippen LogP contribution is -2.17. The summed E-state index contributed by atoms with van der Waals surface area (Å²) in [6.07, 6.45) is 3.66. The lowest BCUT2D eigenvalue weighted by Gasteiger charge is -2.27. The molecule has 0 fully saturated rings. The van der Waals surface area contributed by atoms with Crippen LogP contribution in [0.4, 0.5) is 5.69 Å². The molecule has 0 aromatic heterocycles. The minimum atomic E-state index is 0.428. The molecule has 1 unspecified atom stereocenters. The quantitative estimate of drug-likeness (QED) is 0.890. The van der Waals surface area contributed by atoms with Crippen LogP contribution in [0, 0.1) is 0 Å². The van der Waals surface area contributed by atoms with Crippen LogP contribution in [0.25, 0.3) is 0 Å². The summed E-state index contributed by atoms with van der Waals surface area (Å²) in [7, 11) is 1.73. The van der Waals surface area contributed by atoms with Crippen LogP contribution in [0.2, 0.25) is 0 Å². The molecule has 0 spiro atoms. The maximum Gasteiger partial charge on any atom is 0.0713 e. The molecule has 2 heteroatoms. The minimum absolute atomic E-state index is 0.428. The molecule has 20 heavy (non-hydrogen) atoms. The molecule has 1 N–H and O–H groups in total. The number of fused-ring (bicyclic) bond motifs is 1. The first kappa shape index (κ1) is 13.2. The second-order valence-electron chi connectivity index (χ2n) is 5.42. The van der Waals surface area contributed by atoms with Gasteiger partial charge < -0.3 is 10.1 Å². The molecule has 1 aliphatic rings. The molecular weight excluding hydrogens is 246 g/mol. The number of nitrogens with one attached hydrogen (secondary N) is 1. The van der Waals surface area contributed by atoms with E-state index in [-0.39, 0.29) is 0 Å². The normalized spacial score (nSPS) is 17.6. The standard InChI is InChI=1S/C18H21NO/c1-20-13-14-6-4-9-16(12-14)19-18-11-5-8-15-7-2-3-10-17(15)18/h2-4,6-7,9-10,12,18-19H,5,8,11,13H2,1H3. The van der Waals surface area contributed by atoms with E-state index in [4.69, 9.17) is 4.74 Å². The van der Waals surface area contributed by atoms with Crippen molar-refractivity contribution in [3.63, 3.8) is 0 Å². The first-order valence-corrected chi connectivity index (χ1v) is 7.29. The van der Waals surface area contributed by atoms with Gasteiger partial charge in [0.05, 0.1) is 12.6 Å². The van der Waals surface area contributed by atoms with E-state index in [9.17, 15) is 0 Å². The van der Waals surface area contributed by atoms with E-state index in [0.717, 1.165) is 0 Å². The largest absolute Gasteiger partial charge is 0.380 e. The average Bonchev–Trinajstić information content (AvgIpc) is 2.48. The Kier molecular flexibility index (Phi) is 4.03. The van der Waals surface area contributed by atoms with Crippen molar-refractivity contribution in [1.29, 1.82) is 0 Å². The van der Waals surface area contributed by atoms with Crippen LogP contribution in [-0.4, -0.2) is 7.11 Å². The first-order chi connectivity index (χ1) is 9.86. The fraction of sp³-hybridized carbons (Fsp3) is 0.333. The van der Waals surface area contributed by atoms with Gasteiger partial charge in [-0.25, -0.2) is 0 Å². The Morgan fingerprint density at radius 2 is 2.05 bits per heavy atom. The van der Waals surface area contributed by atoms with Crippen molar-refractivity contribution < 1.29 is 4.74 Å². The second-order valence-corrected chi connectivity index (χ2v) is 5.42. The van der Waals surface area contributed by atoms with Gasteiger partial charge in [0.2, 0.25) is 0 Å². The second kappa shape index (κ2) is 6.10. The van der Waals surface area contributed by atoms with Crippen molar-refractivity contribution in [2.75, 3.05) is 12.4 Å². The van der Waals surface area contributed by atoms with E-state index in [1.807, 2.05) is 0 Å². The van der Waals surface area contributed by atoms with Gasteiger partial charge in [-0.3, -0.25) is 0 Å². The summed E-state index contributed by atoms with van der Waals surface area (Å²) in [6.45, 7) is 0.663. The van der Waals surface area contributed by atoms with Gasteiger partial charge in [0.15, 0.2) is 0 Å². The fourth-order valence-electron chi connectivity index (χ4n) is 3.02. The maximum absolute atomic E-state index is 5.20. The van der Waals surface area contributed by atoms with Gasteiger partial charge in [-0.15, -0.1) is 0 Å². The summed E-state index contributed by atoms with van der Waals surface area (Å²) in [5.74, 6) is 0. The maximum atomic E-state index is 5.20. The predicted octanol–water partition coefficient (Wildman–Crippen LogP) is 4.32. The van der Waals surface area contributed by atoms with Crippen molar-refractivity contribution >= 4 is 5.69 Å². The molecule has 1 atom stereocenters. The summed E-state index contributed by atoms with van der Waals surface area (Å²) >= 11 is 0. The van der Waals surface area contributed by atoms with Gasteiger partial charge in [0, 0.05) is 12.8 Å². The topological polar surface area (TPSA) is 21.3 Å². The molecule has 0 amide bonds. The third kappa shape index (κ3) is 2.86. The molecule has 0 saturated carbocycles. The number of aryl methyl sites for hydroxylation is 1. The van der Waals surface area contributed by atoms with Crippen LogP contribution in [0.5, 0.6) is 0 Å². The molecule has 0 heterocycles. The number of hydrogen-bond donors (Lipinski definition) is 1. The summed E-state index contributed by atoms with van der Waals surface area (Å²) in [5.41, 5.74) is 5.34. The zero-order chi connectivity index (χ0) is 13.8. The Bertz CT molecular complexity index is 579. The third-order valence-electron chi connectivity index (χ3n) is 3.95. The van der Waals surface area contributed by atoms with Crippen molar-refractivity contribution in [1.82, 2.24) is 0 Å². The van der Waals surface area contributed by atoms with Gasteiger partial charge in [-0.05, 0) is 48.1 Å². The number of methoxy groups -OCH3 is 1. The molecule has 3 rings (SSSR count). The van der Waals surface area contributed by atoms with Crippen LogP contribution in [0.15, 0.2) is 48.5 Å². The fourth-order valence-corrected chi connectivity index (χ4v) is 3.02.